The standard InChI is InChI=1S/C11H14F3N5/c12-11(13,14)8-3-4-9(18-17-8)19-5-1-2-7(6-19)10(15)16/h3-4,7H,1-2,5-6H2,(H3,15,16). The molecular formula is C11H14F3N5. The topological polar surface area (TPSA) is 78.9 Å². The summed E-state index contributed by atoms with van der Waals surface area (Å²) >= 11 is 0. The van der Waals surface area contributed by atoms with E-state index < -0.39 is 11.9 Å². The maximum atomic E-state index is 12.4. The van der Waals surface area contributed by atoms with Gasteiger partial charge < -0.3 is 10.6 Å². The first kappa shape index (κ1) is 13.6. The molecule has 104 valence electrons. The Bertz CT molecular complexity index is 456. The number of aromatic nitrogens is 2. The number of amidine groups is 1. The Balaban J connectivity index is 2.12. The molecule has 2 rings (SSSR count). The van der Waals surface area contributed by atoms with Crippen LogP contribution >= 0.6 is 0 Å². The average molecular weight is 273 g/mol. The number of piperidine rings is 1. The maximum Gasteiger partial charge on any atom is 0.435 e. The van der Waals surface area contributed by atoms with Gasteiger partial charge in [-0.05, 0) is 25.0 Å². The molecule has 1 aliphatic heterocycles. The van der Waals surface area contributed by atoms with E-state index in [1.807, 2.05) is 4.90 Å². The minimum atomic E-state index is -4.48. The van der Waals surface area contributed by atoms with Crippen molar-refractivity contribution in [2.75, 3.05) is 18.0 Å². The smallest absolute Gasteiger partial charge is 0.387 e. The van der Waals surface area contributed by atoms with Crippen LogP contribution in [-0.2, 0) is 6.18 Å². The molecule has 1 unspecified atom stereocenters. The number of nitrogens with one attached hydrogen (secondary N) is 1. The lowest BCUT2D eigenvalue weighted by Crippen LogP contribution is -2.41. The van der Waals surface area contributed by atoms with Crippen LogP contribution in [0.2, 0.25) is 0 Å². The van der Waals surface area contributed by atoms with Gasteiger partial charge in [-0.1, -0.05) is 0 Å². The van der Waals surface area contributed by atoms with Crippen LogP contribution in [0.25, 0.3) is 0 Å². The lowest BCUT2D eigenvalue weighted by atomic mass is 9.97. The third kappa shape index (κ3) is 3.12. The molecule has 0 amide bonds. The largest absolute Gasteiger partial charge is 0.435 e. The first-order chi connectivity index (χ1) is 8.88. The van der Waals surface area contributed by atoms with Gasteiger partial charge in [0, 0.05) is 19.0 Å². The van der Waals surface area contributed by atoms with Crippen LogP contribution in [0.4, 0.5) is 19.0 Å². The van der Waals surface area contributed by atoms with Crippen molar-refractivity contribution in [3.63, 3.8) is 0 Å². The van der Waals surface area contributed by atoms with Crippen molar-refractivity contribution in [3.8, 4) is 0 Å². The predicted molar refractivity (Wildman–Crippen MR) is 63.9 cm³/mol. The average Bonchev–Trinajstić information content (AvgIpc) is 2.38. The van der Waals surface area contributed by atoms with E-state index in [1.165, 1.54) is 6.07 Å². The van der Waals surface area contributed by atoms with Crippen molar-refractivity contribution in [2.45, 2.75) is 19.0 Å². The van der Waals surface area contributed by atoms with E-state index in [-0.39, 0.29) is 11.8 Å². The summed E-state index contributed by atoms with van der Waals surface area (Å²) in [7, 11) is 0. The van der Waals surface area contributed by atoms with Crippen LogP contribution < -0.4 is 10.6 Å². The molecule has 0 spiro atoms. The molecule has 1 saturated heterocycles. The van der Waals surface area contributed by atoms with Crippen molar-refractivity contribution in [2.24, 2.45) is 11.7 Å². The zero-order valence-corrected chi connectivity index (χ0v) is 10.1. The van der Waals surface area contributed by atoms with Crippen LogP contribution in [0, 0.1) is 11.3 Å². The Labute approximate surface area is 108 Å². The molecule has 0 aliphatic carbocycles. The van der Waals surface area contributed by atoms with Crippen LogP contribution in [0.1, 0.15) is 18.5 Å². The van der Waals surface area contributed by atoms with Gasteiger partial charge in [-0.2, -0.15) is 13.2 Å². The number of hydrogen-bond acceptors (Lipinski definition) is 4. The predicted octanol–water partition coefficient (Wildman–Crippen LogP) is 1.65. The molecule has 8 heteroatoms. The number of alkyl halides is 3. The molecule has 0 aromatic carbocycles. The Morgan fingerprint density at radius 1 is 1.37 bits per heavy atom. The third-order valence-electron chi connectivity index (χ3n) is 3.13. The number of halogens is 3. The molecule has 1 fully saturated rings. The summed E-state index contributed by atoms with van der Waals surface area (Å²) in [6.07, 6.45) is -2.83. The van der Waals surface area contributed by atoms with Crippen molar-refractivity contribution in [1.29, 1.82) is 5.41 Å². The molecule has 0 saturated carbocycles. The van der Waals surface area contributed by atoms with E-state index in [1.54, 1.807) is 0 Å². The molecule has 1 atom stereocenters. The molecule has 2 heterocycles. The van der Waals surface area contributed by atoms with E-state index in [0.717, 1.165) is 18.9 Å². The van der Waals surface area contributed by atoms with Gasteiger partial charge in [0.2, 0.25) is 0 Å². The van der Waals surface area contributed by atoms with E-state index >= 15 is 0 Å². The van der Waals surface area contributed by atoms with Gasteiger partial charge in [0.1, 0.15) is 0 Å². The molecule has 19 heavy (non-hydrogen) atoms. The Morgan fingerprint density at radius 2 is 2.11 bits per heavy atom. The first-order valence-electron chi connectivity index (χ1n) is 5.87. The van der Waals surface area contributed by atoms with Gasteiger partial charge in [-0.3, -0.25) is 5.41 Å². The second-order valence-electron chi connectivity index (χ2n) is 4.52. The minimum Gasteiger partial charge on any atom is -0.387 e. The van der Waals surface area contributed by atoms with Crippen molar-refractivity contribution < 1.29 is 13.2 Å². The summed E-state index contributed by atoms with van der Waals surface area (Å²) in [5.74, 6) is 0.418. The van der Waals surface area contributed by atoms with Gasteiger partial charge in [0.25, 0.3) is 0 Å². The highest BCUT2D eigenvalue weighted by atomic mass is 19.4. The van der Waals surface area contributed by atoms with Crippen LogP contribution in [0.15, 0.2) is 12.1 Å². The SMILES string of the molecule is N=C(N)C1CCCN(c2ccc(C(F)(F)F)nn2)C1. The number of hydrogen-bond donors (Lipinski definition) is 2. The summed E-state index contributed by atoms with van der Waals surface area (Å²) in [6, 6.07) is 2.22. The van der Waals surface area contributed by atoms with Gasteiger partial charge in [-0.25, -0.2) is 0 Å². The Kier molecular flexibility index (Phi) is 3.59. The van der Waals surface area contributed by atoms with Crippen molar-refractivity contribution in [3.05, 3.63) is 17.8 Å². The van der Waals surface area contributed by atoms with Crippen molar-refractivity contribution in [1.82, 2.24) is 10.2 Å². The van der Waals surface area contributed by atoms with Crippen LogP contribution in [-0.4, -0.2) is 29.1 Å². The lowest BCUT2D eigenvalue weighted by molar-refractivity contribution is -0.141. The monoisotopic (exact) mass is 273 g/mol. The number of nitrogens with zero attached hydrogens (tertiary/aromatic N) is 3. The zero-order chi connectivity index (χ0) is 14.0. The van der Waals surface area contributed by atoms with E-state index in [2.05, 4.69) is 10.2 Å². The summed E-state index contributed by atoms with van der Waals surface area (Å²) < 4.78 is 37.1. The van der Waals surface area contributed by atoms with Gasteiger partial charge in [-0.15, -0.1) is 10.2 Å². The van der Waals surface area contributed by atoms with Gasteiger partial charge >= 0.3 is 6.18 Å². The van der Waals surface area contributed by atoms with Crippen molar-refractivity contribution >= 4 is 11.7 Å². The fourth-order valence-corrected chi connectivity index (χ4v) is 2.08. The van der Waals surface area contributed by atoms with Crippen LogP contribution in [0.3, 0.4) is 0 Å². The number of nitrogens with two attached hydrogens (primary N) is 1. The second-order valence-corrected chi connectivity index (χ2v) is 4.52. The van der Waals surface area contributed by atoms with Crippen LogP contribution in [0.5, 0.6) is 0 Å². The summed E-state index contributed by atoms with van der Waals surface area (Å²) in [5, 5.41) is 14.2. The Morgan fingerprint density at radius 3 is 2.63 bits per heavy atom. The van der Waals surface area contributed by atoms with Gasteiger partial charge in [0.05, 0.1) is 5.84 Å². The zero-order valence-electron chi connectivity index (χ0n) is 10.1. The maximum absolute atomic E-state index is 12.4. The summed E-state index contributed by atoms with van der Waals surface area (Å²) in [5.41, 5.74) is 4.46. The summed E-state index contributed by atoms with van der Waals surface area (Å²) in [4.78, 5) is 1.81. The number of rotatable bonds is 2. The molecule has 0 bridgehead atoms. The van der Waals surface area contributed by atoms with E-state index in [0.29, 0.717) is 18.9 Å². The molecule has 1 aromatic rings. The van der Waals surface area contributed by atoms with E-state index in [4.69, 9.17) is 11.1 Å². The molecule has 1 aromatic heterocycles. The van der Waals surface area contributed by atoms with E-state index in [9.17, 15) is 13.2 Å². The third-order valence-corrected chi connectivity index (χ3v) is 3.13. The fraction of sp³-hybridized carbons (Fsp3) is 0.545. The molecule has 1 aliphatic rings. The highest BCUT2D eigenvalue weighted by Gasteiger charge is 2.33. The second kappa shape index (κ2) is 5.02. The number of anilines is 1. The normalized spacial score (nSPS) is 20.4. The fourth-order valence-electron chi connectivity index (χ4n) is 2.08. The summed E-state index contributed by atoms with van der Waals surface area (Å²) in [6.45, 7) is 1.18. The highest BCUT2D eigenvalue weighted by molar-refractivity contribution is 5.80. The van der Waals surface area contributed by atoms with Gasteiger partial charge in [0.15, 0.2) is 11.5 Å². The minimum absolute atomic E-state index is 0.0714. The molecule has 5 nitrogen and oxygen atoms in total. The molecule has 3 N–H and O–H groups in total. The quantitative estimate of drug-likeness (QED) is 0.634. The highest BCUT2D eigenvalue weighted by Crippen LogP contribution is 2.28. The Hall–Kier alpha value is -1.86. The first-order valence-corrected chi connectivity index (χ1v) is 5.87. The molecular weight excluding hydrogens is 259 g/mol. The molecule has 0 radical (unpaired) electrons. The lowest BCUT2D eigenvalue weighted by Gasteiger charge is -2.32.